The maximum absolute atomic E-state index is 12.8. The van der Waals surface area contributed by atoms with Crippen molar-refractivity contribution in [2.24, 2.45) is 14.1 Å². The highest BCUT2D eigenvalue weighted by Crippen LogP contribution is 2.12. The molecule has 3 heterocycles. The number of hydrogen-bond donors (Lipinski definition) is 1. The summed E-state index contributed by atoms with van der Waals surface area (Å²) < 4.78 is 10.5. The summed E-state index contributed by atoms with van der Waals surface area (Å²) in [6.07, 6.45) is 2.42. The number of nitrogens with zero attached hydrogens (tertiary/aromatic N) is 4. The topological polar surface area (TPSA) is 75.5 Å². The molecule has 0 radical (unpaired) electrons. The van der Waals surface area contributed by atoms with Crippen LogP contribution in [-0.4, -0.2) is 44.0 Å². The Balaban J connectivity index is 2.09. The van der Waals surface area contributed by atoms with Gasteiger partial charge in [0.1, 0.15) is 31.8 Å². The van der Waals surface area contributed by atoms with E-state index in [4.69, 9.17) is 9.72 Å². The zero-order valence-corrected chi connectivity index (χ0v) is 16.4. The van der Waals surface area contributed by atoms with Crippen LogP contribution in [0.3, 0.4) is 0 Å². The maximum atomic E-state index is 12.8. The molecule has 1 fully saturated rings. The van der Waals surface area contributed by atoms with Gasteiger partial charge in [0.05, 0.1) is 0 Å². The van der Waals surface area contributed by atoms with Crippen molar-refractivity contribution in [2.45, 2.75) is 58.9 Å². The fraction of sp³-hybridized carbons (Fsp3) is 0.722. The number of aryl methyl sites for hydroxylation is 2. The average Bonchev–Trinajstić information content (AvgIpc) is 2.93. The van der Waals surface area contributed by atoms with Crippen LogP contribution >= 0.6 is 0 Å². The van der Waals surface area contributed by atoms with Crippen LogP contribution in [0.4, 0.5) is 0 Å². The summed E-state index contributed by atoms with van der Waals surface area (Å²) in [5, 5.41) is 0. The van der Waals surface area contributed by atoms with E-state index in [1.807, 2.05) is 4.57 Å². The lowest BCUT2D eigenvalue weighted by atomic mass is 10.2. The van der Waals surface area contributed by atoms with E-state index in [1.54, 1.807) is 7.05 Å². The Morgan fingerprint density at radius 3 is 2.42 bits per heavy atom. The first-order chi connectivity index (χ1) is 12.3. The van der Waals surface area contributed by atoms with Gasteiger partial charge in [-0.15, -0.1) is 0 Å². The molecule has 3 rings (SSSR count). The number of ether oxygens (including phenoxy) is 1. The van der Waals surface area contributed by atoms with Gasteiger partial charge in [-0.1, -0.05) is 13.3 Å². The van der Waals surface area contributed by atoms with Crippen molar-refractivity contribution in [3.05, 3.63) is 26.7 Å². The van der Waals surface area contributed by atoms with Crippen LogP contribution in [0.5, 0.6) is 0 Å². The fourth-order valence-electron chi connectivity index (χ4n) is 3.94. The Bertz CT molecular complexity index is 900. The van der Waals surface area contributed by atoms with Crippen LogP contribution in [-0.2, 0) is 31.9 Å². The van der Waals surface area contributed by atoms with E-state index in [1.165, 1.54) is 21.1 Å². The van der Waals surface area contributed by atoms with Crippen molar-refractivity contribution in [1.29, 1.82) is 0 Å². The van der Waals surface area contributed by atoms with E-state index in [0.29, 0.717) is 11.2 Å². The monoisotopic (exact) mass is 364 g/mol. The Kier molecular flexibility index (Phi) is 5.34. The van der Waals surface area contributed by atoms with Gasteiger partial charge in [0.25, 0.3) is 5.56 Å². The average molecular weight is 364 g/mol. The van der Waals surface area contributed by atoms with E-state index in [0.717, 1.165) is 44.8 Å². The van der Waals surface area contributed by atoms with Gasteiger partial charge in [0.15, 0.2) is 17.0 Å². The molecule has 1 aliphatic rings. The molecule has 0 aromatic carbocycles. The van der Waals surface area contributed by atoms with Gasteiger partial charge in [0, 0.05) is 20.6 Å². The third-order valence-electron chi connectivity index (χ3n) is 5.19. The summed E-state index contributed by atoms with van der Waals surface area (Å²) in [6, 6.07) is 0. The van der Waals surface area contributed by atoms with Gasteiger partial charge in [0.2, 0.25) is 0 Å². The van der Waals surface area contributed by atoms with Crippen LogP contribution in [0.1, 0.15) is 39.4 Å². The largest absolute Gasteiger partial charge is 0.364 e. The number of quaternary nitrogens is 1. The summed E-state index contributed by atoms with van der Waals surface area (Å²) in [4.78, 5) is 31.1. The van der Waals surface area contributed by atoms with Gasteiger partial charge in [-0.2, -0.15) is 0 Å². The highest BCUT2D eigenvalue weighted by molar-refractivity contribution is 5.71. The van der Waals surface area contributed by atoms with E-state index in [-0.39, 0.29) is 23.5 Å². The second-order valence-corrected chi connectivity index (χ2v) is 7.50. The standard InChI is InChI=1S/C18H29N5O3/c1-6-7-8-23-14(11-22-9-12(2)26-13(3)10-22)19-16-15(23)17(24)21(5)18(25)20(16)4/h12-13H,6-11H2,1-5H3/p+1/t12-,13-/m1/s1. The molecule has 144 valence electrons. The fourth-order valence-corrected chi connectivity index (χ4v) is 3.94. The lowest BCUT2D eigenvalue weighted by Crippen LogP contribution is -3.14. The summed E-state index contributed by atoms with van der Waals surface area (Å²) in [6.45, 7) is 9.61. The van der Waals surface area contributed by atoms with Gasteiger partial charge in [-0.05, 0) is 20.3 Å². The highest BCUT2D eigenvalue weighted by Gasteiger charge is 2.28. The lowest BCUT2D eigenvalue weighted by molar-refractivity contribution is -0.929. The SMILES string of the molecule is CCCCn1c(C[NH+]2C[C@@H](C)O[C@H](C)C2)nc2c1c(=O)n(C)c(=O)n2C. The third kappa shape index (κ3) is 3.35. The van der Waals surface area contributed by atoms with Crippen molar-refractivity contribution >= 4 is 11.2 Å². The molecule has 0 amide bonds. The summed E-state index contributed by atoms with van der Waals surface area (Å²) in [7, 11) is 3.20. The van der Waals surface area contributed by atoms with Gasteiger partial charge in [-0.3, -0.25) is 13.9 Å². The number of aromatic nitrogens is 4. The normalized spacial score (nSPS) is 23.7. The van der Waals surface area contributed by atoms with E-state index in [9.17, 15) is 9.59 Å². The van der Waals surface area contributed by atoms with Crippen molar-refractivity contribution in [1.82, 2.24) is 18.7 Å². The molecule has 1 N–H and O–H groups in total. The first kappa shape index (κ1) is 18.8. The van der Waals surface area contributed by atoms with Crippen molar-refractivity contribution in [3.8, 4) is 0 Å². The van der Waals surface area contributed by atoms with Crippen LogP contribution in [0.25, 0.3) is 11.2 Å². The van der Waals surface area contributed by atoms with Crippen molar-refractivity contribution in [3.63, 3.8) is 0 Å². The number of morpholine rings is 1. The number of nitrogens with one attached hydrogen (secondary N) is 1. The number of unbranched alkanes of at least 4 members (excludes halogenated alkanes) is 1. The number of rotatable bonds is 5. The van der Waals surface area contributed by atoms with Crippen molar-refractivity contribution in [2.75, 3.05) is 13.1 Å². The Labute approximate surface area is 153 Å². The molecule has 2 aromatic heterocycles. The van der Waals surface area contributed by atoms with Gasteiger partial charge < -0.3 is 14.2 Å². The molecule has 0 bridgehead atoms. The zero-order valence-electron chi connectivity index (χ0n) is 16.4. The number of fused-ring (bicyclic) bond motifs is 1. The highest BCUT2D eigenvalue weighted by atomic mass is 16.5. The van der Waals surface area contributed by atoms with Crippen LogP contribution in [0.2, 0.25) is 0 Å². The Morgan fingerprint density at radius 1 is 1.15 bits per heavy atom. The molecule has 2 atom stereocenters. The van der Waals surface area contributed by atoms with E-state index >= 15 is 0 Å². The molecule has 0 aliphatic carbocycles. The van der Waals surface area contributed by atoms with Gasteiger partial charge >= 0.3 is 5.69 Å². The summed E-state index contributed by atoms with van der Waals surface area (Å²) in [5.41, 5.74) is 0.414. The first-order valence-corrected chi connectivity index (χ1v) is 9.47. The lowest BCUT2D eigenvalue weighted by Gasteiger charge is -2.32. The Morgan fingerprint density at radius 2 is 1.81 bits per heavy atom. The zero-order chi connectivity index (χ0) is 19.0. The summed E-state index contributed by atoms with van der Waals surface area (Å²) >= 11 is 0. The molecule has 0 saturated carbocycles. The van der Waals surface area contributed by atoms with Gasteiger partial charge in [-0.25, -0.2) is 9.78 Å². The predicted molar refractivity (Wildman–Crippen MR) is 99.5 cm³/mol. The van der Waals surface area contributed by atoms with E-state index < -0.39 is 0 Å². The predicted octanol–water partition coefficient (Wildman–Crippen LogP) is -0.574. The quantitative estimate of drug-likeness (QED) is 0.771. The number of imidazole rings is 1. The van der Waals surface area contributed by atoms with Crippen LogP contribution < -0.4 is 16.1 Å². The molecule has 26 heavy (non-hydrogen) atoms. The first-order valence-electron chi connectivity index (χ1n) is 9.47. The third-order valence-corrected chi connectivity index (χ3v) is 5.19. The molecular formula is C18H30N5O3+. The van der Waals surface area contributed by atoms with Crippen LogP contribution in [0.15, 0.2) is 9.59 Å². The molecule has 1 aliphatic heterocycles. The second kappa shape index (κ2) is 7.36. The minimum absolute atomic E-state index is 0.208. The molecule has 1 saturated heterocycles. The number of hydrogen-bond acceptors (Lipinski definition) is 4. The molecular weight excluding hydrogens is 334 g/mol. The Hall–Kier alpha value is -1.93. The molecule has 0 spiro atoms. The molecule has 2 aromatic rings. The van der Waals surface area contributed by atoms with E-state index in [2.05, 4.69) is 20.8 Å². The minimum atomic E-state index is -0.338. The minimum Gasteiger partial charge on any atom is -0.364 e. The maximum Gasteiger partial charge on any atom is 0.332 e. The molecule has 8 nitrogen and oxygen atoms in total. The summed E-state index contributed by atoms with van der Waals surface area (Å²) in [5.74, 6) is 0.878. The molecule has 8 heteroatoms. The smallest absolute Gasteiger partial charge is 0.332 e. The van der Waals surface area contributed by atoms with Crippen LogP contribution in [0, 0.1) is 0 Å². The molecule has 0 unspecified atom stereocenters. The second-order valence-electron chi connectivity index (χ2n) is 7.50. The van der Waals surface area contributed by atoms with Crippen molar-refractivity contribution < 1.29 is 9.64 Å².